The summed E-state index contributed by atoms with van der Waals surface area (Å²) in [7, 11) is 0. The Balaban J connectivity index is 3.70. The molecule has 0 aromatic heterocycles. The summed E-state index contributed by atoms with van der Waals surface area (Å²) >= 11 is 0.750. The summed E-state index contributed by atoms with van der Waals surface area (Å²) in [6, 6.07) is 0. The van der Waals surface area contributed by atoms with Gasteiger partial charge in [-0.25, -0.2) is 0 Å². The van der Waals surface area contributed by atoms with Crippen molar-refractivity contribution < 1.29 is 0 Å². The van der Waals surface area contributed by atoms with Crippen LogP contribution in [-0.4, -0.2) is 54.3 Å². The van der Waals surface area contributed by atoms with Crippen molar-refractivity contribution in [3.63, 3.8) is 0 Å². The summed E-state index contributed by atoms with van der Waals surface area (Å²) in [5.41, 5.74) is 10.7. The quantitative estimate of drug-likeness (QED) is 0.282. The summed E-state index contributed by atoms with van der Waals surface area (Å²) < 4.78 is 1.75. The van der Waals surface area contributed by atoms with Gasteiger partial charge in [0.25, 0.3) is 0 Å². The summed E-state index contributed by atoms with van der Waals surface area (Å²) in [5, 5.41) is 14.3. The molecule has 76 valence electrons. The maximum atomic E-state index is 7.16. The Labute approximate surface area is 97.5 Å². The van der Waals surface area contributed by atoms with E-state index in [0.717, 1.165) is 0 Å². The molecule has 0 heterocycles. The van der Waals surface area contributed by atoms with Crippen LogP contribution in [0.15, 0.2) is 0 Å². The minimum absolute atomic E-state index is 0.140. The van der Waals surface area contributed by atoms with Crippen molar-refractivity contribution in [3.8, 4) is 0 Å². The molecule has 6 N–H and O–H groups in total. The van der Waals surface area contributed by atoms with Crippen LogP contribution < -0.4 is 11.5 Å². The van der Waals surface area contributed by atoms with E-state index < -0.39 is 0 Å². The molecule has 0 aromatic carbocycles. The van der Waals surface area contributed by atoms with E-state index in [2.05, 4.69) is 13.8 Å². The predicted molar refractivity (Wildman–Crippen MR) is 59.9 cm³/mol. The Morgan fingerprint density at radius 3 is 1.54 bits per heavy atom. The van der Waals surface area contributed by atoms with E-state index in [-0.39, 0.29) is 29.9 Å². The van der Waals surface area contributed by atoms with Gasteiger partial charge in [-0.15, -0.1) is 0 Å². The van der Waals surface area contributed by atoms with E-state index in [1.807, 2.05) is 0 Å². The van der Waals surface area contributed by atoms with E-state index in [0.29, 0.717) is 31.9 Å². The Morgan fingerprint density at radius 1 is 1.00 bits per heavy atom. The van der Waals surface area contributed by atoms with E-state index >= 15 is 0 Å². The zero-order valence-corrected chi connectivity index (χ0v) is 12.7. The van der Waals surface area contributed by atoms with Crippen LogP contribution in [0.5, 0.6) is 0 Å². The van der Waals surface area contributed by atoms with Crippen molar-refractivity contribution in [1.29, 1.82) is 10.8 Å². The summed E-state index contributed by atoms with van der Waals surface area (Å²) in [4.78, 5) is 0. The van der Waals surface area contributed by atoms with Gasteiger partial charge in [-0.05, 0) is 0 Å². The molecule has 2 atom stereocenters. The fourth-order valence-corrected chi connectivity index (χ4v) is 12.5. The molecular weight excluding hydrogens is 365 g/mol. The molecule has 0 fully saturated rings. The predicted octanol–water partition coefficient (Wildman–Crippen LogP) is -0.582. The zero-order chi connectivity index (χ0) is 10.4. The van der Waals surface area contributed by atoms with Gasteiger partial charge >= 0.3 is 97.9 Å². The van der Waals surface area contributed by atoms with Crippen molar-refractivity contribution in [2.75, 3.05) is 0 Å². The van der Waals surface area contributed by atoms with Crippen LogP contribution in [0.1, 0.15) is 13.8 Å². The maximum absolute atomic E-state index is 7.16. The number of rotatable bonds is 6. The fourth-order valence-electron chi connectivity index (χ4n) is 0.683. The molecule has 13 heavy (non-hydrogen) atoms. The molecule has 2 unspecified atom stereocenters. The molecule has 0 saturated carbocycles. The molecule has 0 aliphatic heterocycles. The Bertz CT molecular complexity index is 176. The van der Waals surface area contributed by atoms with Crippen LogP contribution in [0.2, 0.25) is 7.43 Å². The van der Waals surface area contributed by atoms with E-state index in [4.69, 9.17) is 22.3 Å². The molecule has 0 aliphatic rings. The molecule has 7 heteroatoms. The number of hydrogen-bond acceptors (Lipinski definition) is 2. The first kappa shape index (κ1) is 13.5. The van der Waals surface area contributed by atoms with Crippen molar-refractivity contribution in [2.45, 2.75) is 21.3 Å². The van der Waals surface area contributed by atoms with Crippen LogP contribution in [0.25, 0.3) is 0 Å². The zero-order valence-electron chi connectivity index (χ0n) is 7.53. The first-order valence-corrected chi connectivity index (χ1v) is 9.25. The van der Waals surface area contributed by atoms with Crippen molar-refractivity contribution >= 4 is 54.3 Å². The van der Waals surface area contributed by atoms with E-state index in [9.17, 15) is 0 Å². The summed E-state index contributed by atoms with van der Waals surface area (Å²) in [6.07, 6.45) is 0. The number of nitrogens with two attached hydrogens (primary N) is 2. The Kier molecular flexibility index (Phi) is 7.14. The average molecular weight is 379 g/mol. The van der Waals surface area contributed by atoms with Gasteiger partial charge in [0.1, 0.15) is 0 Å². The number of amidine groups is 2. The van der Waals surface area contributed by atoms with Gasteiger partial charge in [-0.1, -0.05) is 0 Å². The van der Waals surface area contributed by atoms with Gasteiger partial charge < -0.3 is 0 Å². The van der Waals surface area contributed by atoms with E-state index in [1.165, 1.54) is 0 Å². The van der Waals surface area contributed by atoms with Crippen LogP contribution >= 0.6 is 0 Å². The topological polar surface area (TPSA) is 99.7 Å². The van der Waals surface area contributed by atoms with Crippen LogP contribution in [0, 0.1) is 10.8 Å². The number of nitrogens with one attached hydrogen (secondary N) is 2. The molecule has 0 spiro atoms. The summed E-state index contributed by atoms with van der Waals surface area (Å²) in [5.74, 6) is 0. The monoisotopic (exact) mass is 382 g/mol. The van der Waals surface area contributed by atoms with Crippen molar-refractivity contribution in [1.82, 2.24) is 0 Å². The summed E-state index contributed by atoms with van der Waals surface area (Å²) in [6.45, 7) is 4.27. The second-order valence-corrected chi connectivity index (χ2v) is 14.6. The van der Waals surface area contributed by atoms with Gasteiger partial charge in [-0.3, -0.25) is 0 Å². The molecular formula is C6H14N4Se3. The molecule has 4 nitrogen and oxygen atoms in total. The normalized spacial score (nSPS) is 14.9. The Morgan fingerprint density at radius 2 is 1.31 bits per heavy atom. The third-order valence-corrected chi connectivity index (χ3v) is 9.56. The second kappa shape index (κ2) is 6.88. The van der Waals surface area contributed by atoms with Gasteiger partial charge in [0.05, 0.1) is 0 Å². The van der Waals surface area contributed by atoms with Crippen molar-refractivity contribution in [3.05, 3.63) is 0 Å². The third kappa shape index (κ3) is 8.82. The molecule has 0 aromatic rings. The molecule has 0 saturated heterocycles. The standard InChI is InChI=1S/C6H14N4Se3/c1-3(12-5(7)8)11-4(2)13-6(9)10/h3-4H,1-2H3,(H3,7,8)(H3,9,10). The second-order valence-electron chi connectivity index (χ2n) is 2.24. The number of hydrogen-bond donors (Lipinski definition) is 4. The fraction of sp³-hybridized carbons (Fsp3) is 0.667. The molecule has 0 radical (unpaired) electrons. The molecule has 0 rings (SSSR count). The van der Waals surface area contributed by atoms with Crippen molar-refractivity contribution in [2.24, 2.45) is 11.5 Å². The SMILES string of the molecule is CC([Se]C(=N)N)[Se]C(C)[Se]C(=N)N. The van der Waals surface area contributed by atoms with Crippen LogP contribution in [0.4, 0.5) is 0 Å². The minimum atomic E-state index is 0.140. The first-order valence-electron chi connectivity index (χ1n) is 3.58. The van der Waals surface area contributed by atoms with Crippen LogP contribution in [0.3, 0.4) is 0 Å². The van der Waals surface area contributed by atoms with Gasteiger partial charge in [0, 0.05) is 0 Å². The van der Waals surface area contributed by atoms with E-state index in [1.54, 1.807) is 0 Å². The molecule has 0 aliphatic carbocycles. The van der Waals surface area contributed by atoms with Gasteiger partial charge in [0.2, 0.25) is 0 Å². The molecule has 0 amide bonds. The third-order valence-electron chi connectivity index (χ3n) is 0.969. The van der Waals surface area contributed by atoms with Crippen LogP contribution in [-0.2, 0) is 0 Å². The first-order chi connectivity index (χ1) is 5.91. The average Bonchev–Trinajstić information content (AvgIpc) is 1.80. The van der Waals surface area contributed by atoms with Gasteiger partial charge in [0.15, 0.2) is 0 Å². The Hall–Kier alpha value is 0.498. The van der Waals surface area contributed by atoms with Gasteiger partial charge in [-0.2, -0.15) is 0 Å². The molecule has 0 bridgehead atoms.